The van der Waals surface area contributed by atoms with Gasteiger partial charge in [0, 0.05) is 5.92 Å². The summed E-state index contributed by atoms with van der Waals surface area (Å²) in [4.78, 5) is 1.39. The number of hydrogen-bond acceptors (Lipinski definition) is 2. The van der Waals surface area contributed by atoms with Gasteiger partial charge in [0.1, 0.15) is 0 Å². The fourth-order valence-electron chi connectivity index (χ4n) is 1.70. The highest BCUT2D eigenvalue weighted by atomic mass is 19.4. The van der Waals surface area contributed by atoms with E-state index in [9.17, 15) is 13.2 Å². The summed E-state index contributed by atoms with van der Waals surface area (Å²) < 4.78 is 36.1. The van der Waals surface area contributed by atoms with E-state index in [0.717, 1.165) is 6.42 Å². The fourth-order valence-corrected chi connectivity index (χ4v) is 1.70. The Labute approximate surface area is 81.3 Å². The van der Waals surface area contributed by atoms with E-state index in [0.29, 0.717) is 25.9 Å². The van der Waals surface area contributed by atoms with Crippen LogP contribution in [0.3, 0.4) is 0 Å². The fraction of sp³-hybridized carbons (Fsp3) is 0.889. The number of hydrogen-bond donors (Lipinski definition) is 0. The van der Waals surface area contributed by atoms with Gasteiger partial charge in [0.05, 0.1) is 12.6 Å². The third-order valence-corrected chi connectivity index (χ3v) is 2.41. The van der Waals surface area contributed by atoms with Crippen LogP contribution in [0.2, 0.25) is 0 Å². The topological polar surface area (TPSA) is 27.0 Å². The van der Waals surface area contributed by atoms with Crippen molar-refractivity contribution in [2.75, 3.05) is 19.6 Å². The molecule has 0 aliphatic carbocycles. The molecule has 0 N–H and O–H groups in total. The molecule has 0 spiro atoms. The largest absolute Gasteiger partial charge is 0.401 e. The van der Waals surface area contributed by atoms with Gasteiger partial charge < -0.3 is 0 Å². The normalized spacial score (nSPS) is 25.4. The van der Waals surface area contributed by atoms with Crippen molar-refractivity contribution in [1.82, 2.24) is 4.90 Å². The van der Waals surface area contributed by atoms with Crippen LogP contribution in [0.1, 0.15) is 19.3 Å². The van der Waals surface area contributed by atoms with Crippen LogP contribution in [0.25, 0.3) is 0 Å². The number of nitriles is 1. The molecule has 0 aromatic heterocycles. The summed E-state index contributed by atoms with van der Waals surface area (Å²) >= 11 is 0. The number of alkyl halides is 3. The van der Waals surface area contributed by atoms with E-state index >= 15 is 0 Å². The van der Waals surface area contributed by atoms with Crippen molar-refractivity contribution in [3.8, 4) is 6.07 Å². The molecule has 0 bridgehead atoms. The number of likely N-dealkylation sites (tertiary alicyclic amines) is 1. The van der Waals surface area contributed by atoms with E-state index in [2.05, 4.69) is 6.07 Å². The van der Waals surface area contributed by atoms with E-state index in [4.69, 9.17) is 5.26 Å². The zero-order valence-corrected chi connectivity index (χ0v) is 7.85. The van der Waals surface area contributed by atoms with E-state index in [1.54, 1.807) is 0 Å². The molecular weight excluding hydrogens is 193 g/mol. The predicted molar refractivity (Wildman–Crippen MR) is 45.4 cm³/mol. The van der Waals surface area contributed by atoms with Crippen LogP contribution in [0.15, 0.2) is 0 Å². The molecule has 0 aromatic rings. The monoisotopic (exact) mass is 206 g/mol. The van der Waals surface area contributed by atoms with Gasteiger partial charge in [0.2, 0.25) is 0 Å². The van der Waals surface area contributed by atoms with Crippen LogP contribution in [0.5, 0.6) is 0 Å². The third-order valence-electron chi connectivity index (χ3n) is 2.41. The van der Waals surface area contributed by atoms with Crippen molar-refractivity contribution < 1.29 is 13.2 Å². The molecule has 1 unspecified atom stereocenters. The summed E-state index contributed by atoms with van der Waals surface area (Å²) in [6.07, 6.45) is -2.14. The molecule has 1 saturated heterocycles. The smallest absolute Gasteiger partial charge is 0.295 e. The summed E-state index contributed by atoms with van der Waals surface area (Å²) in [5, 5.41) is 8.64. The third kappa shape index (κ3) is 3.97. The number of nitrogens with zero attached hydrogens (tertiary/aromatic N) is 2. The van der Waals surface area contributed by atoms with Gasteiger partial charge in [-0.25, -0.2) is 0 Å². The Morgan fingerprint density at radius 2 is 2.00 bits per heavy atom. The van der Waals surface area contributed by atoms with Crippen LogP contribution >= 0.6 is 0 Å². The molecular formula is C9H13F3N2. The average molecular weight is 206 g/mol. The van der Waals surface area contributed by atoms with Gasteiger partial charge >= 0.3 is 6.18 Å². The molecule has 0 aromatic carbocycles. The molecule has 80 valence electrons. The van der Waals surface area contributed by atoms with E-state index in [1.807, 2.05) is 0 Å². The number of halogens is 3. The van der Waals surface area contributed by atoms with Crippen LogP contribution < -0.4 is 0 Å². The lowest BCUT2D eigenvalue weighted by Crippen LogP contribution is -2.34. The summed E-state index contributed by atoms with van der Waals surface area (Å²) in [6, 6.07) is 2.12. The maximum absolute atomic E-state index is 12.0. The van der Waals surface area contributed by atoms with Crippen molar-refractivity contribution in [3.05, 3.63) is 0 Å². The summed E-state index contributed by atoms with van der Waals surface area (Å²) in [5.41, 5.74) is 0. The van der Waals surface area contributed by atoms with Crippen LogP contribution in [-0.4, -0.2) is 30.7 Å². The van der Waals surface area contributed by atoms with Crippen LogP contribution in [0.4, 0.5) is 13.2 Å². The molecule has 1 fully saturated rings. The standard InChI is InChI=1S/C9H13F3N2/c10-9(11,12)7-14-4-1-2-8(6-13)3-5-14/h8H,1-5,7H2. The van der Waals surface area contributed by atoms with Crippen molar-refractivity contribution in [2.45, 2.75) is 25.4 Å². The van der Waals surface area contributed by atoms with Crippen molar-refractivity contribution in [3.63, 3.8) is 0 Å². The molecule has 14 heavy (non-hydrogen) atoms. The molecule has 2 nitrogen and oxygen atoms in total. The van der Waals surface area contributed by atoms with E-state index < -0.39 is 12.7 Å². The molecule has 5 heteroatoms. The highest BCUT2D eigenvalue weighted by Crippen LogP contribution is 2.21. The first-order chi connectivity index (χ1) is 6.51. The molecule has 0 amide bonds. The lowest BCUT2D eigenvalue weighted by molar-refractivity contribution is -0.145. The molecule has 1 atom stereocenters. The van der Waals surface area contributed by atoms with Gasteiger partial charge in [0.25, 0.3) is 0 Å². The van der Waals surface area contributed by atoms with Crippen molar-refractivity contribution in [1.29, 1.82) is 5.26 Å². The van der Waals surface area contributed by atoms with Gasteiger partial charge in [-0.2, -0.15) is 18.4 Å². The zero-order chi connectivity index (χ0) is 10.6. The second kappa shape index (κ2) is 4.65. The molecule has 1 rings (SSSR count). The van der Waals surface area contributed by atoms with E-state index in [-0.39, 0.29) is 5.92 Å². The second-order valence-corrected chi connectivity index (χ2v) is 3.65. The average Bonchev–Trinajstić information content (AvgIpc) is 2.27. The van der Waals surface area contributed by atoms with Gasteiger partial charge in [-0.1, -0.05) is 0 Å². The lowest BCUT2D eigenvalue weighted by atomic mass is 10.0. The first-order valence-electron chi connectivity index (χ1n) is 4.70. The van der Waals surface area contributed by atoms with Crippen molar-refractivity contribution in [2.24, 2.45) is 5.92 Å². The molecule has 1 heterocycles. The lowest BCUT2D eigenvalue weighted by Gasteiger charge is -2.20. The highest BCUT2D eigenvalue weighted by Gasteiger charge is 2.31. The Kier molecular flexibility index (Phi) is 3.76. The first-order valence-corrected chi connectivity index (χ1v) is 4.70. The molecule has 0 saturated carbocycles. The van der Waals surface area contributed by atoms with Gasteiger partial charge in [-0.05, 0) is 32.4 Å². The molecule has 1 aliphatic heterocycles. The zero-order valence-electron chi connectivity index (χ0n) is 7.85. The highest BCUT2D eigenvalue weighted by molar-refractivity contribution is 4.85. The minimum absolute atomic E-state index is 0.0618. The molecule has 1 aliphatic rings. The molecule has 0 radical (unpaired) electrons. The summed E-state index contributed by atoms with van der Waals surface area (Å²) in [5.74, 6) is -0.0618. The maximum atomic E-state index is 12.0. The first kappa shape index (κ1) is 11.3. The minimum Gasteiger partial charge on any atom is -0.295 e. The Morgan fingerprint density at radius 3 is 2.57 bits per heavy atom. The Hall–Kier alpha value is -0.760. The summed E-state index contributed by atoms with van der Waals surface area (Å²) in [7, 11) is 0. The Balaban J connectivity index is 2.39. The van der Waals surface area contributed by atoms with E-state index in [1.165, 1.54) is 4.90 Å². The van der Waals surface area contributed by atoms with Gasteiger partial charge in [0.15, 0.2) is 0 Å². The van der Waals surface area contributed by atoms with Crippen LogP contribution in [-0.2, 0) is 0 Å². The Bertz CT molecular complexity index is 219. The number of rotatable bonds is 1. The minimum atomic E-state index is -4.12. The Morgan fingerprint density at radius 1 is 1.29 bits per heavy atom. The maximum Gasteiger partial charge on any atom is 0.401 e. The summed E-state index contributed by atoms with van der Waals surface area (Å²) in [6.45, 7) is 0.000571. The predicted octanol–water partition coefficient (Wildman–Crippen LogP) is 2.17. The SMILES string of the molecule is N#CC1CCCN(CC(F)(F)F)CC1. The van der Waals surface area contributed by atoms with Crippen molar-refractivity contribution >= 4 is 0 Å². The van der Waals surface area contributed by atoms with Crippen LogP contribution in [0, 0.1) is 17.2 Å². The van der Waals surface area contributed by atoms with Gasteiger partial charge in [-0.3, -0.25) is 4.90 Å². The quantitative estimate of drug-likeness (QED) is 0.657. The van der Waals surface area contributed by atoms with Gasteiger partial charge in [-0.15, -0.1) is 0 Å². The second-order valence-electron chi connectivity index (χ2n) is 3.65.